The highest BCUT2D eigenvalue weighted by Gasteiger charge is 2.38. The summed E-state index contributed by atoms with van der Waals surface area (Å²) in [6, 6.07) is 6.31. The molecule has 0 spiro atoms. The zero-order chi connectivity index (χ0) is 18.0. The van der Waals surface area contributed by atoms with Gasteiger partial charge in [-0.2, -0.15) is 0 Å². The maximum atomic E-state index is 12.7. The molecule has 2 aromatic carbocycles. The topological polar surface area (TPSA) is 49.8 Å². The van der Waals surface area contributed by atoms with Gasteiger partial charge >= 0.3 is 0 Å². The highest BCUT2D eigenvalue weighted by Crippen LogP contribution is 2.53. The number of fused-ring (bicyclic) bond motifs is 4. The number of likely N-dealkylation sites (N-methyl/N-ethyl adjacent to an activating group) is 1. The first kappa shape index (κ1) is 18.7. The molecular formula is C21H22ClNO3S. The average molecular weight is 404 g/mol. The molecule has 0 aromatic heterocycles. The number of thioether (sulfide) groups is 1. The number of methoxy groups -OCH3 is 1. The van der Waals surface area contributed by atoms with Crippen molar-refractivity contribution in [2.45, 2.75) is 30.2 Å². The fourth-order valence-electron chi connectivity index (χ4n) is 4.75. The maximum absolute atomic E-state index is 12.7. The van der Waals surface area contributed by atoms with Gasteiger partial charge in [-0.3, -0.25) is 9.69 Å². The fraction of sp³-hybridized carbons (Fsp3) is 0.381. The first-order valence-corrected chi connectivity index (χ1v) is 10.0. The fourth-order valence-corrected chi connectivity index (χ4v) is 5.84. The Hall–Kier alpha value is -1.69. The molecule has 4 nitrogen and oxygen atoms in total. The number of phenols is 1. The number of carbonyl (C=O) groups is 1. The number of phenolic OH excluding ortho intramolecular Hbond substituents is 1. The van der Waals surface area contributed by atoms with Gasteiger partial charge in [0.1, 0.15) is 0 Å². The van der Waals surface area contributed by atoms with Crippen LogP contribution in [0.1, 0.15) is 39.5 Å². The van der Waals surface area contributed by atoms with E-state index in [4.69, 9.17) is 4.74 Å². The Morgan fingerprint density at radius 1 is 1.26 bits per heavy atom. The molecule has 2 heterocycles. The largest absolute Gasteiger partial charge is 0.504 e. The molecule has 1 atom stereocenters. The van der Waals surface area contributed by atoms with Gasteiger partial charge < -0.3 is 9.84 Å². The van der Waals surface area contributed by atoms with Gasteiger partial charge in [-0.25, -0.2) is 0 Å². The molecule has 0 saturated heterocycles. The molecule has 2 aliphatic heterocycles. The van der Waals surface area contributed by atoms with Crippen LogP contribution in [0.25, 0.3) is 11.1 Å². The number of ketones is 1. The van der Waals surface area contributed by atoms with Crippen LogP contribution in [0.4, 0.5) is 0 Å². The summed E-state index contributed by atoms with van der Waals surface area (Å²) in [4.78, 5) is 16.1. The third kappa shape index (κ3) is 2.59. The van der Waals surface area contributed by atoms with E-state index >= 15 is 0 Å². The van der Waals surface area contributed by atoms with Gasteiger partial charge in [-0.05, 0) is 54.3 Å². The van der Waals surface area contributed by atoms with Gasteiger partial charge in [0.05, 0.1) is 7.11 Å². The van der Waals surface area contributed by atoms with E-state index in [1.165, 1.54) is 11.1 Å². The Kier molecular flexibility index (Phi) is 4.65. The number of ether oxygens (including phenoxy) is 1. The van der Waals surface area contributed by atoms with E-state index in [0.29, 0.717) is 12.2 Å². The van der Waals surface area contributed by atoms with Crippen molar-refractivity contribution in [3.8, 4) is 22.6 Å². The molecule has 0 bridgehead atoms. The molecule has 2 aromatic rings. The molecule has 0 amide bonds. The monoisotopic (exact) mass is 403 g/mol. The first-order chi connectivity index (χ1) is 12.6. The van der Waals surface area contributed by atoms with Gasteiger partial charge in [0.25, 0.3) is 0 Å². The third-order valence-corrected chi connectivity index (χ3v) is 7.06. The zero-order valence-corrected chi connectivity index (χ0v) is 17.0. The predicted molar refractivity (Wildman–Crippen MR) is 110 cm³/mol. The zero-order valence-electron chi connectivity index (χ0n) is 15.4. The maximum Gasteiger partial charge on any atom is 0.165 e. The number of aromatic hydroxyl groups is 1. The van der Waals surface area contributed by atoms with Crippen LogP contribution in [0.5, 0.6) is 11.5 Å². The van der Waals surface area contributed by atoms with E-state index in [1.54, 1.807) is 18.9 Å². The molecule has 5 rings (SSSR count). The van der Waals surface area contributed by atoms with Crippen molar-refractivity contribution >= 4 is 30.0 Å². The van der Waals surface area contributed by atoms with Crippen LogP contribution in [0.2, 0.25) is 0 Å². The minimum absolute atomic E-state index is 0. The summed E-state index contributed by atoms with van der Waals surface area (Å²) in [5.41, 5.74) is 6.51. The second kappa shape index (κ2) is 6.73. The van der Waals surface area contributed by atoms with Crippen LogP contribution < -0.4 is 4.74 Å². The Balaban J connectivity index is 0.00000180. The lowest BCUT2D eigenvalue weighted by Gasteiger charge is -2.41. The smallest absolute Gasteiger partial charge is 0.165 e. The van der Waals surface area contributed by atoms with Crippen molar-refractivity contribution in [1.29, 1.82) is 0 Å². The summed E-state index contributed by atoms with van der Waals surface area (Å²) in [7, 11) is 3.74. The summed E-state index contributed by atoms with van der Waals surface area (Å²) >= 11 is 1.76. The van der Waals surface area contributed by atoms with Crippen LogP contribution in [0.3, 0.4) is 0 Å². The summed E-state index contributed by atoms with van der Waals surface area (Å²) in [5, 5.41) is 10.9. The van der Waals surface area contributed by atoms with Gasteiger partial charge in [0.2, 0.25) is 0 Å². The van der Waals surface area contributed by atoms with E-state index in [2.05, 4.69) is 24.1 Å². The molecule has 0 radical (unpaired) electrons. The number of nitrogens with zero attached hydrogens (tertiary/aromatic N) is 1. The van der Waals surface area contributed by atoms with Gasteiger partial charge in [-0.1, -0.05) is 6.07 Å². The lowest BCUT2D eigenvalue weighted by atomic mass is 9.75. The first-order valence-electron chi connectivity index (χ1n) is 9.05. The Bertz CT molecular complexity index is 959. The van der Waals surface area contributed by atoms with Gasteiger partial charge in [0.15, 0.2) is 17.3 Å². The molecule has 27 heavy (non-hydrogen) atoms. The van der Waals surface area contributed by atoms with Crippen LogP contribution in [0, 0.1) is 0 Å². The lowest BCUT2D eigenvalue weighted by molar-refractivity contribution is 0.0982. The summed E-state index contributed by atoms with van der Waals surface area (Å²) < 4.78 is 5.35. The van der Waals surface area contributed by atoms with Crippen molar-refractivity contribution in [3.05, 3.63) is 40.5 Å². The van der Waals surface area contributed by atoms with Crippen molar-refractivity contribution < 1.29 is 14.6 Å². The number of carbonyl (C=O) groups excluding carboxylic acids is 1. The molecule has 3 aliphatic rings. The Morgan fingerprint density at radius 3 is 2.85 bits per heavy atom. The van der Waals surface area contributed by atoms with E-state index < -0.39 is 0 Å². The quantitative estimate of drug-likeness (QED) is 0.771. The highest BCUT2D eigenvalue weighted by molar-refractivity contribution is 7.99. The van der Waals surface area contributed by atoms with Crippen molar-refractivity contribution in [2.24, 2.45) is 0 Å². The minimum atomic E-state index is 0. The Labute approximate surface area is 169 Å². The molecule has 0 unspecified atom stereocenters. The second-order valence-corrected chi connectivity index (χ2v) is 8.45. The molecule has 1 N–H and O–H groups in total. The minimum Gasteiger partial charge on any atom is -0.504 e. The second-order valence-electron chi connectivity index (χ2n) is 7.31. The highest BCUT2D eigenvalue weighted by atomic mass is 35.5. The summed E-state index contributed by atoms with van der Waals surface area (Å²) in [5.74, 6) is 1.83. The molecule has 142 valence electrons. The van der Waals surface area contributed by atoms with Crippen molar-refractivity contribution in [1.82, 2.24) is 4.90 Å². The third-order valence-electron chi connectivity index (χ3n) is 6.01. The molecule has 0 saturated carbocycles. The van der Waals surface area contributed by atoms with Gasteiger partial charge in [-0.15, -0.1) is 24.2 Å². The van der Waals surface area contributed by atoms with Crippen molar-refractivity contribution in [2.75, 3.05) is 26.5 Å². The Morgan fingerprint density at radius 2 is 2.07 bits per heavy atom. The van der Waals surface area contributed by atoms with Gasteiger partial charge in [0, 0.05) is 40.8 Å². The van der Waals surface area contributed by atoms with E-state index in [0.717, 1.165) is 52.3 Å². The number of halogens is 1. The average Bonchev–Trinajstić information content (AvgIpc) is 2.64. The van der Waals surface area contributed by atoms with E-state index in [1.807, 2.05) is 6.07 Å². The van der Waals surface area contributed by atoms with Crippen LogP contribution in [-0.2, 0) is 12.8 Å². The summed E-state index contributed by atoms with van der Waals surface area (Å²) in [6.07, 6.45) is 2.37. The van der Waals surface area contributed by atoms with E-state index in [9.17, 15) is 9.90 Å². The van der Waals surface area contributed by atoms with Crippen LogP contribution in [0.15, 0.2) is 23.1 Å². The van der Waals surface area contributed by atoms with Crippen LogP contribution in [-0.4, -0.2) is 42.2 Å². The van der Waals surface area contributed by atoms with Crippen molar-refractivity contribution in [3.63, 3.8) is 0 Å². The molecular weight excluding hydrogens is 382 g/mol. The SMILES string of the molecule is COc1ccc2c(c1O)-c1cc3c(c4c1[C@@H](C2)N(C)CC4)C(=O)CCS3.Cl. The number of rotatable bonds is 1. The normalized spacial score (nSPS) is 20.2. The number of hydrogen-bond donors (Lipinski definition) is 1. The van der Waals surface area contributed by atoms with E-state index in [-0.39, 0.29) is 30.0 Å². The predicted octanol–water partition coefficient (Wildman–Crippen LogP) is 4.25. The number of Topliss-reactive ketones (excluding diaryl/α,β-unsaturated/α-hetero) is 1. The molecule has 0 fully saturated rings. The van der Waals surface area contributed by atoms with Crippen LogP contribution >= 0.6 is 24.2 Å². The standard InChI is InChI=1S/C21H21NO3S.ClH/c1-22-7-5-12-19-13(10-17-20(12)15(23)6-8-26-17)18-11(9-14(19)22)3-4-16(25-2)21(18)24;/h3-4,10,14,24H,5-9H2,1-2H3;1H/t14-;/m1./s1. The molecule has 1 aliphatic carbocycles. The molecule has 6 heteroatoms. The number of benzene rings is 2. The number of hydrogen-bond acceptors (Lipinski definition) is 5. The summed E-state index contributed by atoms with van der Waals surface area (Å²) in [6.45, 7) is 0.961. The lowest BCUT2D eigenvalue weighted by Crippen LogP contribution is -2.37.